The minimum atomic E-state index is -2.96. The average Bonchev–Trinajstić information content (AvgIpc) is 3.24. The van der Waals surface area contributed by atoms with Crippen molar-refractivity contribution in [2.75, 3.05) is 29.9 Å². The van der Waals surface area contributed by atoms with Crippen LogP contribution in [0.3, 0.4) is 0 Å². The first-order valence-corrected chi connectivity index (χ1v) is 10.6. The van der Waals surface area contributed by atoms with Gasteiger partial charge in [-0.25, -0.2) is 17.9 Å². The average molecular weight is 374 g/mol. The lowest BCUT2D eigenvalue weighted by molar-refractivity contribution is 0.130. The number of piperidine rings is 1. The third-order valence-electron chi connectivity index (χ3n) is 5.31. The van der Waals surface area contributed by atoms with Gasteiger partial charge in [0, 0.05) is 36.6 Å². The third-order valence-corrected chi connectivity index (χ3v) is 7.18. The summed E-state index contributed by atoms with van der Waals surface area (Å²) in [5.74, 6) is 0.458. The van der Waals surface area contributed by atoms with E-state index < -0.39 is 9.84 Å². The fraction of sp³-hybridized carbons (Fsp3) is 0.444. The molecular formula is C18H22N4O3S. The van der Waals surface area contributed by atoms with Gasteiger partial charge in [0.15, 0.2) is 9.84 Å². The van der Waals surface area contributed by atoms with Crippen LogP contribution in [0.15, 0.2) is 42.7 Å². The standard InChI is InChI=1S/C18H22N4O3S/c23-17(20-15-3-5-16(6-4-15)22-11-2-9-19-22)21-10-1-7-18(13-21)8-12-26(24,25)14-18/h2-6,9,11H,1,7-8,10,12-14H2,(H,20,23). The monoisotopic (exact) mass is 374 g/mol. The summed E-state index contributed by atoms with van der Waals surface area (Å²) in [6, 6.07) is 9.16. The molecule has 2 fully saturated rings. The van der Waals surface area contributed by atoms with Crippen LogP contribution in [0.25, 0.3) is 5.69 Å². The molecule has 1 N–H and O–H groups in total. The van der Waals surface area contributed by atoms with Crippen molar-refractivity contribution in [2.24, 2.45) is 5.41 Å². The van der Waals surface area contributed by atoms with E-state index in [1.54, 1.807) is 15.8 Å². The molecule has 0 aliphatic carbocycles. The van der Waals surface area contributed by atoms with E-state index >= 15 is 0 Å². The highest BCUT2D eigenvalue weighted by Gasteiger charge is 2.45. The number of amides is 2. The molecule has 1 spiro atoms. The van der Waals surface area contributed by atoms with Crippen LogP contribution in [0.5, 0.6) is 0 Å². The van der Waals surface area contributed by atoms with E-state index in [0.29, 0.717) is 25.2 Å². The van der Waals surface area contributed by atoms with Crippen molar-refractivity contribution < 1.29 is 13.2 Å². The van der Waals surface area contributed by atoms with Crippen LogP contribution in [0.1, 0.15) is 19.3 Å². The summed E-state index contributed by atoms with van der Waals surface area (Å²) in [7, 11) is -2.96. The molecule has 138 valence electrons. The van der Waals surface area contributed by atoms with Gasteiger partial charge in [-0.1, -0.05) is 0 Å². The number of rotatable bonds is 2. The van der Waals surface area contributed by atoms with Crippen molar-refractivity contribution in [2.45, 2.75) is 19.3 Å². The van der Waals surface area contributed by atoms with Gasteiger partial charge in [-0.2, -0.15) is 5.10 Å². The molecule has 2 aliphatic rings. The quantitative estimate of drug-likeness (QED) is 0.874. The van der Waals surface area contributed by atoms with E-state index in [1.807, 2.05) is 36.5 Å². The minimum absolute atomic E-state index is 0.166. The zero-order valence-electron chi connectivity index (χ0n) is 14.5. The summed E-state index contributed by atoms with van der Waals surface area (Å²) in [6.45, 7) is 1.18. The molecule has 0 saturated carbocycles. The van der Waals surface area contributed by atoms with Gasteiger partial charge in [0.05, 0.1) is 17.2 Å². The van der Waals surface area contributed by atoms with Crippen molar-refractivity contribution >= 4 is 21.6 Å². The smallest absolute Gasteiger partial charge is 0.321 e. The van der Waals surface area contributed by atoms with Gasteiger partial charge in [0.25, 0.3) is 0 Å². The second-order valence-corrected chi connectivity index (χ2v) is 9.48. The minimum Gasteiger partial charge on any atom is -0.324 e. The number of carbonyl (C=O) groups is 1. The summed E-state index contributed by atoms with van der Waals surface area (Å²) < 4.78 is 25.5. The fourth-order valence-electron chi connectivity index (χ4n) is 4.01. The molecule has 0 radical (unpaired) electrons. The predicted octanol–water partition coefficient (Wildman–Crippen LogP) is 2.30. The topological polar surface area (TPSA) is 84.3 Å². The number of hydrogen-bond donors (Lipinski definition) is 1. The molecule has 2 saturated heterocycles. The highest BCUT2D eigenvalue weighted by atomic mass is 32.2. The first kappa shape index (κ1) is 17.1. The number of carbonyl (C=O) groups excluding carboxylic acids is 1. The van der Waals surface area contributed by atoms with Crippen LogP contribution in [-0.2, 0) is 9.84 Å². The number of likely N-dealkylation sites (tertiary alicyclic amines) is 1. The summed E-state index contributed by atoms with van der Waals surface area (Å²) >= 11 is 0. The molecule has 2 amide bonds. The Morgan fingerprint density at radius 2 is 2.00 bits per heavy atom. The number of urea groups is 1. The van der Waals surface area contributed by atoms with Gasteiger partial charge in [-0.05, 0) is 49.6 Å². The Morgan fingerprint density at radius 3 is 2.65 bits per heavy atom. The van der Waals surface area contributed by atoms with E-state index in [4.69, 9.17) is 0 Å². The summed E-state index contributed by atoms with van der Waals surface area (Å²) in [6.07, 6.45) is 5.97. The molecular weight excluding hydrogens is 352 g/mol. The molecule has 4 rings (SSSR count). The molecule has 1 atom stereocenters. The SMILES string of the molecule is O=C(Nc1ccc(-n2cccn2)cc1)N1CCCC2(CCS(=O)(=O)C2)C1. The van der Waals surface area contributed by atoms with Crippen molar-refractivity contribution in [1.29, 1.82) is 0 Å². The van der Waals surface area contributed by atoms with Crippen LogP contribution in [0.2, 0.25) is 0 Å². The van der Waals surface area contributed by atoms with Crippen molar-refractivity contribution in [3.8, 4) is 5.69 Å². The lowest BCUT2D eigenvalue weighted by Gasteiger charge is -2.39. The second-order valence-electron chi connectivity index (χ2n) is 7.29. The number of nitrogens with zero attached hydrogens (tertiary/aromatic N) is 3. The molecule has 1 unspecified atom stereocenters. The number of anilines is 1. The van der Waals surface area contributed by atoms with Crippen LogP contribution >= 0.6 is 0 Å². The summed E-state index contributed by atoms with van der Waals surface area (Å²) in [4.78, 5) is 14.4. The first-order valence-electron chi connectivity index (χ1n) is 8.81. The maximum absolute atomic E-state index is 12.6. The molecule has 2 aromatic rings. The Bertz CT molecular complexity index is 893. The van der Waals surface area contributed by atoms with Crippen LogP contribution in [-0.4, -0.2) is 53.7 Å². The van der Waals surface area contributed by atoms with Crippen molar-refractivity contribution in [3.63, 3.8) is 0 Å². The number of sulfone groups is 1. The molecule has 2 aliphatic heterocycles. The highest BCUT2D eigenvalue weighted by molar-refractivity contribution is 7.91. The van der Waals surface area contributed by atoms with Gasteiger partial charge in [0.1, 0.15) is 0 Å². The number of aromatic nitrogens is 2. The number of nitrogens with one attached hydrogen (secondary N) is 1. The van der Waals surface area contributed by atoms with E-state index in [0.717, 1.165) is 18.5 Å². The van der Waals surface area contributed by atoms with Gasteiger partial charge in [0.2, 0.25) is 0 Å². The molecule has 7 nitrogen and oxygen atoms in total. The first-order chi connectivity index (χ1) is 12.4. The normalized spacial score (nSPS) is 24.7. The molecule has 0 bridgehead atoms. The lowest BCUT2D eigenvalue weighted by atomic mass is 9.80. The molecule has 1 aromatic heterocycles. The Morgan fingerprint density at radius 1 is 1.19 bits per heavy atom. The van der Waals surface area contributed by atoms with Gasteiger partial charge in [-0.3, -0.25) is 0 Å². The molecule has 3 heterocycles. The maximum Gasteiger partial charge on any atom is 0.321 e. The number of hydrogen-bond acceptors (Lipinski definition) is 4. The summed E-state index contributed by atoms with van der Waals surface area (Å²) in [5.41, 5.74) is 1.38. The zero-order chi connectivity index (χ0) is 18.2. The molecule has 1 aromatic carbocycles. The van der Waals surface area contributed by atoms with Gasteiger partial charge >= 0.3 is 6.03 Å². The lowest BCUT2D eigenvalue weighted by Crippen LogP contribution is -2.48. The highest BCUT2D eigenvalue weighted by Crippen LogP contribution is 2.40. The Balaban J connectivity index is 1.41. The Labute approximate surface area is 152 Å². The van der Waals surface area contributed by atoms with Crippen molar-refractivity contribution in [1.82, 2.24) is 14.7 Å². The summed E-state index contributed by atoms with van der Waals surface area (Å²) in [5, 5.41) is 7.09. The van der Waals surface area contributed by atoms with Crippen LogP contribution in [0, 0.1) is 5.41 Å². The fourth-order valence-corrected chi connectivity index (χ4v) is 6.21. The Hall–Kier alpha value is -2.35. The van der Waals surface area contributed by atoms with Crippen LogP contribution < -0.4 is 5.32 Å². The maximum atomic E-state index is 12.6. The van der Waals surface area contributed by atoms with E-state index in [2.05, 4.69) is 10.4 Å². The largest absolute Gasteiger partial charge is 0.324 e. The number of benzene rings is 1. The van der Waals surface area contributed by atoms with Gasteiger partial charge in [-0.15, -0.1) is 0 Å². The molecule has 8 heteroatoms. The van der Waals surface area contributed by atoms with E-state index in [9.17, 15) is 13.2 Å². The molecule has 26 heavy (non-hydrogen) atoms. The van der Waals surface area contributed by atoms with Gasteiger partial charge < -0.3 is 10.2 Å². The van der Waals surface area contributed by atoms with E-state index in [1.165, 1.54) is 0 Å². The van der Waals surface area contributed by atoms with Crippen LogP contribution in [0.4, 0.5) is 10.5 Å². The van der Waals surface area contributed by atoms with Crippen molar-refractivity contribution in [3.05, 3.63) is 42.7 Å². The van der Waals surface area contributed by atoms with E-state index in [-0.39, 0.29) is 23.0 Å². The second kappa shape index (κ2) is 6.42. The zero-order valence-corrected chi connectivity index (χ0v) is 15.3. The third kappa shape index (κ3) is 3.46. The predicted molar refractivity (Wildman–Crippen MR) is 99.1 cm³/mol. The Kier molecular flexibility index (Phi) is 4.22.